The average molecular weight is 271 g/mol. The molecule has 0 atom stereocenters. The number of nitrogens with one attached hydrogen (secondary N) is 1. The molecule has 0 radical (unpaired) electrons. The smallest absolute Gasteiger partial charge is 0.233 e. The zero-order valence-electron chi connectivity index (χ0n) is 12.0. The molecule has 1 heterocycles. The van der Waals surface area contributed by atoms with Gasteiger partial charge in [-0.05, 0) is 24.1 Å². The van der Waals surface area contributed by atoms with Crippen LogP contribution in [0.25, 0.3) is 0 Å². The van der Waals surface area contributed by atoms with Gasteiger partial charge in [0.25, 0.3) is 0 Å². The van der Waals surface area contributed by atoms with Gasteiger partial charge in [0.05, 0.1) is 5.69 Å². The molecule has 4 nitrogen and oxygen atoms in total. The maximum absolute atomic E-state index is 5.60. The first kappa shape index (κ1) is 14.5. The quantitative estimate of drug-likeness (QED) is 0.841. The van der Waals surface area contributed by atoms with Crippen molar-refractivity contribution in [3.05, 3.63) is 53.7 Å². The van der Waals surface area contributed by atoms with Crippen molar-refractivity contribution in [1.29, 1.82) is 0 Å². The first-order chi connectivity index (χ1) is 9.74. The van der Waals surface area contributed by atoms with Crippen molar-refractivity contribution in [2.24, 2.45) is 5.92 Å². The predicted octanol–water partition coefficient (Wildman–Crippen LogP) is 2.80. The molecule has 0 saturated heterocycles. The fourth-order valence-electron chi connectivity index (χ4n) is 1.74. The minimum absolute atomic E-state index is 0.514. The lowest BCUT2D eigenvalue weighted by Gasteiger charge is -2.07. The first-order valence-electron chi connectivity index (χ1n) is 6.94. The molecule has 0 aliphatic carbocycles. The van der Waals surface area contributed by atoms with E-state index in [1.807, 2.05) is 42.5 Å². The third kappa shape index (κ3) is 4.97. The molecule has 0 unspecified atom stereocenters. The molecule has 0 spiro atoms. The van der Waals surface area contributed by atoms with Crippen molar-refractivity contribution in [3.63, 3.8) is 0 Å². The second kappa shape index (κ2) is 7.60. The number of rotatable bonds is 7. The largest absolute Gasteiger partial charge is 0.472 e. The predicted molar refractivity (Wildman–Crippen MR) is 79.4 cm³/mol. The zero-order chi connectivity index (χ0) is 14.2. The fraction of sp³-hybridized carbons (Fsp3) is 0.375. The van der Waals surface area contributed by atoms with Crippen LogP contribution < -0.4 is 10.1 Å². The van der Waals surface area contributed by atoms with Gasteiger partial charge in [-0.25, -0.2) is 0 Å². The van der Waals surface area contributed by atoms with Crippen LogP contribution in [0.3, 0.4) is 0 Å². The summed E-state index contributed by atoms with van der Waals surface area (Å²) in [6.07, 6.45) is 0. The lowest BCUT2D eigenvalue weighted by molar-refractivity contribution is 0.289. The van der Waals surface area contributed by atoms with Gasteiger partial charge in [-0.3, -0.25) is 0 Å². The van der Waals surface area contributed by atoms with Crippen LogP contribution in [0, 0.1) is 5.92 Å². The minimum atomic E-state index is 0.514. The van der Waals surface area contributed by atoms with E-state index in [9.17, 15) is 0 Å². The summed E-state index contributed by atoms with van der Waals surface area (Å²) >= 11 is 0. The molecule has 0 amide bonds. The van der Waals surface area contributed by atoms with Crippen molar-refractivity contribution in [3.8, 4) is 5.88 Å². The fourth-order valence-corrected chi connectivity index (χ4v) is 1.74. The molecule has 0 bridgehead atoms. The summed E-state index contributed by atoms with van der Waals surface area (Å²) < 4.78 is 5.60. The lowest BCUT2D eigenvalue weighted by atomic mass is 10.2. The Morgan fingerprint density at radius 3 is 2.50 bits per heavy atom. The van der Waals surface area contributed by atoms with Crippen LogP contribution in [0.1, 0.15) is 25.1 Å². The van der Waals surface area contributed by atoms with Gasteiger partial charge in [0, 0.05) is 12.6 Å². The Labute approximate surface area is 120 Å². The molecule has 106 valence electrons. The molecule has 0 fully saturated rings. The van der Waals surface area contributed by atoms with Crippen molar-refractivity contribution in [2.45, 2.75) is 27.0 Å². The van der Waals surface area contributed by atoms with Crippen molar-refractivity contribution >= 4 is 0 Å². The van der Waals surface area contributed by atoms with Crippen molar-refractivity contribution < 1.29 is 4.74 Å². The number of hydrogen-bond acceptors (Lipinski definition) is 4. The van der Waals surface area contributed by atoms with E-state index in [1.54, 1.807) is 0 Å². The van der Waals surface area contributed by atoms with Gasteiger partial charge in [0.15, 0.2) is 0 Å². The number of benzene rings is 1. The second-order valence-corrected chi connectivity index (χ2v) is 5.16. The maximum Gasteiger partial charge on any atom is 0.233 e. The van der Waals surface area contributed by atoms with Crippen molar-refractivity contribution in [1.82, 2.24) is 15.5 Å². The molecule has 0 aliphatic rings. The summed E-state index contributed by atoms with van der Waals surface area (Å²) in [5.41, 5.74) is 2.05. The van der Waals surface area contributed by atoms with E-state index in [-0.39, 0.29) is 0 Å². The van der Waals surface area contributed by atoms with Crippen LogP contribution in [-0.2, 0) is 13.2 Å². The molecular formula is C16H21N3O. The summed E-state index contributed by atoms with van der Waals surface area (Å²) in [6.45, 7) is 6.59. The summed E-state index contributed by atoms with van der Waals surface area (Å²) in [7, 11) is 0. The maximum atomic E-state index is 5.60. The summed E-state index contributed by atoms with van der Waals surface area (Å²) in [5, 5.41) is 11.6. The highest BCUT2D eigenvalue weighted by Crippen LogP contribution is 2.08. The molecule has 0 aliphatic heterocycles. The van der Waals surface area contributed by atoms with E-state index in [0.717, 1.165) is 24.3 Å². The molecule has 1 N–H and O–H groups in total. The molecule has 1 aromatic carbocycles. The van der Waals surface area contributed by atoms with Crippen LogP contribution in [0.2, 0.25) is 0 Å². The third-order valence-corrected chi connectivity index (χ3v) is 2.78. The molecule has 4 heteroatoms. The summed E-state index contributed by atoms with van der Waals surface area (Å²) in [5.74, 6) is 1.19. The highest BCUT2D eigenvalue weighted by molar-refractivity contribution is 5.16. The van der Waals surface area contributed by atoms with Crippen LogP contribution >= 0.6 is 0 Å². The molecule has 2 rings (SSSR count). The standard InChI is InChI=1S/C16H21N3O/c1-13(2)10-17-11-15-8-9-16(19-18-15)20-12-14-6-4-3-5-7-14/h3-9,13,17H,10-12H2,1-2H3. The number of hydrogen-bond donors (Lipinski definition) is 1. The highest BCUT2D eigenvalue weighted by atomic mass is 16.5. The van der Waals surface area contributed by atoms with Crippen LogP contribution in [0.5, 0.6) is 5.88 Å². The lowest BCUT2D eigenvalue weighted by Crippen LogP contribution is -2.19. The van der Waals surface area contributed by atoms with Gasteiger partial charge in [0.1, 0.15) is 6.61 Å². The number of aromatic nitrogens is 2. The average Bonchev–Trinajstić information content (AvgIpc) is 2.47. The monoisotopic (exact) mass is 271 g/mol. The molecule has 2 aromatic rings. The van der Waals surface area contributed by atoms with Crippen LogP contribution in [0.4, 0.5) is 0 Å². The summed E-state index contributed by atoms with van der Waals surface area (Å²) in [4.78, 5) is 0. The molecule has 0 saturated carbocycles. The van der Waals surface area contributed by atoms with Gasteiger partial charge >= 0.3 is 0 Å². The van der Waals surface area contributed by atoms with Gasteiger partial charge in [-0.1, -0.05) is 44.2 Å². The van der Waals surface area contributed by atoms with Crippen LogP contribution in [0.15, 0.2) is 42.5 Å². The number of ether oxygens (including phenoxy) is 1. The van der Waals surface area contributed by atoms with Gasteiger partial charge in [-0.15, -0.1) is 5.10 Å². The van der Waals surface area contributed by atoms with Gasteiger partial charge in [0.2, 0.25) is 5.88 Å². The Morgan fingerprint density at radius 1 is 1.05 bits per heavy atom. The van der Waals surface area contributed by atoms with Crippen LogP contribution in [-0.4, -0.2) is 16.7 Å². The Hall–Kier alpha value is -1.94. The topological polar surface area (TPSA) is 47.0 Å². The first-order valence-corrected chi connectivity index (χ1v) is 6.94. The highest BCUT2D eigenvalue weighted by Gasteiger charge is 2.00. The summed E-state index contributed by atoms with van der Waals surface area (Å²) in [6, 6.07) is 13.8. The van der Waals surface area contributed by atoms with E-state index in [1.165, 1.54) is 0 Å². The minimum Gasteiger partial charge on any atom is -0.472 e. The third-order valence-electron chi connectivity index (χ3n) is 2.78. The second-order valence-electron chi connectivity index (χ2n) is 5.16. The molecule has 1 aromatic heterocycles. The normalized spacial score (nSPS) is 10.8. The van der Waals surface area contributed by atoms with E-state index in [4.69, 9.17) is 4.74 Å². The van der Waals surface area contributed by atoms with Gasteiger partial charge in [-0.2, -0.15) is 5.10 Å². The van der Waals surface area contributed by atoms with Gasteiger partial charge < -0.3 is 10.1 Å². The Balaban J connectivity index is 1.79. The SMILES string of the molecule is CC(C)CNCc1ccc(OCc2ccccc2)nn1. The Morgan fingerprint density at radius 2 is 1.85 bits per heavy atom. The van der Waals surface area contributed by atoms with E-state index in [2.05, 4.69) is 29.4 Å². The molecule has 20 heavy (non-hydrogen) atoms. The zero-order valence-corrected chi connectivity index (χ0v) is 12.0. The molecular weight excluding hydrogens is 250 g/mol. The number of nitrogens with zero attached hydrogens (tertiary/aromatic N) is 2. The van der Waals surface area contributed by atoms with Crippen molar-refractivity contribution in [2.75, 3.05) is 6.54 Å². The Kier molecular flexibility index (Phi) is 5.50. The van der Waals surface area contributed by atoms with E-state index < -0.39 is 0 Å². The van der Waals surface area contributed by atoms with E-state index in [0.29, 0.717) is 18.4 Å². The van der Waals surface area contributed by atoms with E-state index >= 15 is 0 Å². The Bertz CT molecular complexity index is 497.